The van der Waals surface area contributed by atoms with E-state index in [4.69, 9.17) is 17.0 Å². The van der Waals surface area contributed by atoms with Gasteiger partial charge in [-0.25, -0.2) is 4.98 Å². The average Bonchev–Trinajstić information content (AvgIpc) is 2.79. The summed E-state index contributed by atoms with van der Waals surface area (Å²) in [7, 11) is 0. The molecule has 1 unspecified atom stereocenters. The van der Waals surface area contributed by atoms with Crippen molar-refractivity contribution in [2.75, 3.05) is 18.5 Å². The van der Waals surface area contributed by atoms with Crippen molar-refractivity contribution in [1.29, 1.82) is 0 Å². The molecule has 0 spiro atoms. The molecule has 1 fully saturated rings. The highest BCUT2D eigenvalue weighted by Crippen LogP contribution is 2.13. The van der Waals surface area contributed by atoms with Gasteiger partial charge in [0.1, 0.15) is 16.3 Å². The number of hydrogen-bond acceptors (Lipinski definition) is 4. The molecule has 17 heavy (non-hydrogen) atoms. The summed E-state index contributed by atoms with van der Waals surface area (Å²) in [5, 5.41) is 3.34. The molecular formula is C12H19N3OS. The maximum absolute atomic E-state index is 5.56. The lowest BCUT2D eigenvalue weighted by Crippen LogP contribution is -2.19. The van der Waals surface area contributed by atoms with E-state index in [0.29, 0.717) is 10.7 Å². The quantitative estimate of drug-likeness (QED) is 0.792. The molecule has 4 nitrogen and oxygen atoms in total. The third-order valence-corrected chi connectivity index (χ3v) is 3.03. The molecule has 94 valence electrons. The monoisotopic (exact) mass is 253 g/mol. The number of H-pyrrole nitrogens is 1. The Hall–Kier alpha value is -0.940. The van der Waals surface area contributed by atoms with Gasteiger partial charge in [0.25, 0.3) is 0 Å². The molecule has 0 aliphatic carbocycles. The molecule has 1 saturated heterocycles. The van der Waals surface area contributed by atoms with Gasteiger partial charge in [-0.2, -0.15) is 0 Å². The van der Waals surface area contributed by atoms with Crippen molar-refractivity contribution in [1.82, 2.24) is 9.97 Å². The lowest BCUT2D eigenvalue weighted by Gasteiger charge is -2.12. The lowest BCUT2D eigenvalue weighted by atomic mass is 10.2. The molecule has 5 heteroatoms. The molecule has 0 bridgehead atoms. The number of aromatic amines is 1. The van der Waals surface area contributed by atoms with Crippen molar-refractivity contribution in [3.05, 3.63) is 16.5 Å². The standard InChI is InChI=1S/C12H19N3OS/c1-2-4-10-14-11(7-12(17)15-10)13-8-9-5-3-6-16-9/h7,9H,2-6,8H2,1H3,(H2,13,14,15,17). The zero-order valence-corrected chi connectivity index (χ0v) is 11.0. The van der Waals surface area contributed by atoms with Gasteiger partial charge in [0.15, 0.2) is 0 Å². The molecule has 2 N–H and O–H groups in total. The summed E-state index contributed by atoms with van der Waals surface area (Å²) in [6.45, 7) is 3.85. The maximum Gasteiger partial charge on any atom is 0.131 e. The Balaban J connectivity index is 1.96. The van der Waals surface area contributed by atoms with E-state index in [2.05, 4.69) is 22.2 Å². The number of rotatable bonds is 5. The van der Waals surface area contributed by atoms with Gasteiger partial charge < -0.3 is 15.0 Å². The van der Waals surface area contributed by atoms with E-state index in [1.807, 2.05) is 6.07 Å². The number of aromatic nitrogens is 2. The van der Waals surface area contributed by atoms with Crippen LogP contribution in [0.5, 0.6) is 0 Å². The van der Waals surface area contributed by atoms with Crippen LogP contribution >= 0.6 is 12.2 Å². The first-order chi connectivity index (χ1) is 8.28. The van der Waals surface area contributed by atoms with Gasteiger partial charge in [-0.05, 0) is 19.3 Å². The van der Waals surface area contributed by atoms with Gasteiger partial charge in [0.05, 0.1) is 6.10 Å². The fourth-order valence-electron chi connectivity index (χ4n) is 1.99. The van der Waals surface area contributed by atoms with Gasteiger partial charge in [0, 0.05) is 25.6 Å². The normalized spacial score (nSPS) is 19.5. The summed E-state index contributed by atoms with van der Waals surface area (Å²) in [4.78, 5) is 7.56. The zero-order chi connectivity index (χ0) is 12.1. The van der Waals surface area contributed by atoms with Gasteiger partial charge in [-0.15, -0.1) is 0 Å². The molecule has 0 radical (unpaired) electrons. The topological polar surface area (TPSA) is 49.9 Å². The Kier molecular flexibility index (Phi) is 4.50. The molecule has 1 aliphatic heterocycles. The highest BCUT2D eigenvalue weighted by Gasteiger charge is 2.14. The predicted molar refractivity (Wildman–Crippen MR) is 70.9 cm³/mol. The summed E-state index contributed by atoms with van der Waals surface area (Å²) in [6.07, 6.45) is 4.63. The number of hydrogen-bond donors (Lipinski definition) is 2. The van der Waals surface area contributed by atoms with Crippen LogP contribution in [0.3, 0.4) is 0 Å². The summed E-state index contributed by atoms with van der Waals surface area (Å²) < 4.78 is 6.21. The first-order valence-electron chi connectivity index (χ1n) is 6.23. The second-order valence-electron chi connectivity index (χ2n) is 4.35. The molecule has 0 saturated carbocycles. The first-order valence-corrected chi connectivity index (χ1v) is 6.64. The summed E-state index contributed by atoms with van der Waals surface area (Å²) in [5.74, 6) is 1.90. The molecule has 1 aliphatic rings. The van der Waals surface area contributed by atoms with Gasteiger partial charge >= 0.3 is 0 Å². The SMILES string of the molecule is CCCc1nc(=S)cc(NCC2CCCO2)[nH]1. The molecule has 1 aromatic rings. The lowest BCUT2D eigenvalue weighted by molar-refractivity contribution is 0.120. The minimum atomic E-state index is 0.333. The molecule has 1 atom stereocenters. The zero-order valence-electron chi connectivity index (χ0n) is 10.2. The third-order valence-electron chi connectivity index (χ3n) is 2.82. The molecule has 0 aromatic carbocycles. The third kappa shape index (κ3) is 3.78. The van der Waals surface area contributed by atoms with Crippen LogP contribution in [0.15, 0.2) is 6.07 Å². The Morgan fingerprint density at radius 2 is 2.53 bits per heavy atom. The van der Waals surface area contributed by atoms with Crippen molar-refractivity contribution in [2.24, 2.45) is 0 Å². The van der Waals surface area contributed by atoms with E-state index in [9.17, 15) is 0 Å². The van der Waals surface area contributed by atoms with Crippen LogP contribution in [0.4, 0.5) is 5.82 Å². The van der Waals surface area contributed by atoms with Gasteiger partial charge in [0.2, 0.25) is 0 Å². The van der Waals surface area contributed by atoms with E-state index in [1.54, 1.807) is 0 Å². The summed E-state index contributed by atoms with van der Waals surface area (Å²) in [5.41, 5.74) is 0. The highest BCUT2D eigenvalue weighted by molar-refractivity contribution is 7.71. The van der Waals surface area contributed by atoms with Crippen LogP contribution in [-0.4, -0.2) is 29.2 Å². The van der Waals surface area contributed by atoms with Crippen molar-refractivity contribution >= 4 is 18.0 Å². The second-order valence-corrected chi connectivity index (χ2v) is 4.76. The van der Waals surface area contributed by atoms with Crippen LogP contribution < -0.4 is 5.32 Å². The highest BCUT2D eigenvalue weighted by atomic mass is 32.1. The van der Waals surface area contributed by atoms with Crippen molar-refractivity contribution in [2.45, 2.75) is 38.7 Å². The Labute approximate surface area is 107 Å². The largest absolute Gasteiger partial charge is 0.376 e. The molecule has 1 aromatic heterocycles. The van der Waals surface area contributed by atoms with Crippen molar-refractivity contribution < 1.29 is 4.74 Å². The maximum atomic E-state index is 5.56. The summed E-state index contributed by atoms with van der Waals surface area (Å²) in [6, 6.07) is 1.86. The van der Waals surface area contributed by atoms with Crippen molar-refractivity contribution in [3.63, 3.8) is 0 Å². The Morgan fingerprint density at radius 1 is 1.65 bits per heavy atom. The molecule has 2 heterocycles. The van der Waals surface area contributed by atoms with Crippen LogP contribution in [0.25, 0.3) is 0 Å². The van der Waals surface area contributed by atoms with Crippen molar-refractivity contribution in [3.8, 4) is 0 Å². The van der Waals surface area contributed by atoms with E-state index in [-0.39, 0.29) is 0 Å². The van der Waals surface area contributed by atoms with E-state index in [1.165, 1.54) is 6.42 Å². The summed E-state index contributed by atoms with van der Waals surface area (Å²) >= 11 is 5.15. The average molecular weight is 253 g/mol. The molecule has 0 amide bonds. The fourth-order valence-corrected chi connectivity index (χ4v) is 2.22. The second kappa shape index (κ2) is 6.12. The molecule has 2 rings (SSSR count). The molecular weight excluding hydrogens is 234 g/mol. The minimum absolute atomic E-state index is 0.333. The number of nitrogens with zero attached hydrogens (tertiary/aromatic N) is 1. The van der Waals surface area contributed by atoms with E-state index < -0.39 is 0 Å². The first kappa shape index (κ1) is 12.5. The van der Waals surface area contributed by atoms with Crippen LogP contribution in [0.1, 0.15) is 32.0 Å². The number of anilines is 1. The predicted octanol–water partition coefficient (Wildman–Crippen LogP) is 2.68. The van der Waals surface area contributed by atoms with Crippen LogP contribution in [-0.2, 0) is 11.2 Å². The fraction of sp³-hybridized carbons (Fsp3) is 0.667. The Morgan fingerprint density at radius 3 is 3.24 bits per heavy atom. The Bertz CT molecular complexity index is 412. The van der Waals surface area contributed by atoms with E-state index >= 15 is 0 Å². The number of ether oxygens (including phenoxy) is 1. The minimum Gasteiger partial charge on any atom is -0.376 e. The van der Waals surface area contributed by atoms with Crippen LogP contribution in [0.2, 0.25) is 0 Å². The van der Waals surface area contributed by atoms with Crippen LogP contribution in [0, 0.1) is 4.64 Å². The number of aryl methyl sites for hydroxylation is 1. The van der Waals surface area contributed by atoms with Gasteiger partial charge in [-0.1, -0.05) is 19.1 Å². The van der Waals surface area contributed by atoms with E-state index in [0.717, 1.165) is 44.1 Å². The smallest absolute Gasteiger partial charge is 0.131 e. The van der Waals surface area contributed by atoms with Gasteiger partial charge in [-0.3, -0.25) is 0 Å². The number of nitrogens with one attached hydrogen (secondary N) is 2.